The number of ether oxygens (including phenoxy) is 2. The van der Waals surface area contributed by atoms with Crippen molar-refractivity contribution in [1.82, 2.24) is 4.90 Å². The fraction of sp³-hybridized carbons (Fsp3) is 0.286. The lowest BCUT2D eigenvalue weighted by Gasteiger charge is -2.16. The second-order valence-corrected chi connectivity index (χ2v) is 4.47. The third kappa shape index (κ3) is 4.56. The minimum atomic E-state index is -0.925. The van der Waals surface area contributed by atoms with E-state index < -0.39 is 23.2 Å². The van der Waals surface area contributed by atoms with Crippen molar-refractivity contribution in [2.75, 3.05) is 6.54 Å². The first-order chi connectivity index (χ1) is 10.3. The molecule has 22 heavy (non-hydrogen) atoms. The van der Waals surface area contributed by atoms with Gasteiger partial charge in [0.2, 0.25) is 0 Å². The maximum absolute atomic E-state index is 12.2. The van der Waals surface area contributed by atoms with E-state index in [-0.39, 0.29) is 23.6 Å². The van der Waals surface area contributed by atoms with Crippen LogP contribution >= 0.6 is 11.6 Å². The van der Waals surface area contributed by atoms with Crippen LogP contribution in [0.3, 0.4) is 0 Å². The number of halogens is 1. The normalized spacial score (nSPS) is 9.82. The summed E-state index contributed by atoms with van der Waals surface area (Å²) in [5.74, 6) is -2.05. The van der Waals surface area contributed by atoms with Gasteiger partial charge in [-0.3, -0.25) is 24.1 Å². The molecular formula is C14H14ClNO6. The summed E-state index contributed by atoms with van der Waals surface area (Å²) in [6.45, 7) is 4.00. The molecule has 0 aromatic heterocycles. The topological polar surface area (TPSA) is 90.0 Å². The maximum atomic E-state index is 12.2. The standard InChI is InChI=1S/C14H14ClNO6/c1-4-16(14(15)20)13(19)10-5-6-11(21-8(2)17)12(7-10)22-9(3)18/h5-7H,4H2,1-3H3. The van der Waals surface area contributed by atoms with Crippen molar-refractivity contribution in [3.05, 3.63) is 23.8 Å². The third-order valence-corrected chi connectivity index (χ3v) is 2.68. The molecule has 0 unspecified atom stereocenters. The number of carbonyl (C=O) groups excluding carboxylic acids is 4. The maximum Gasteiger partial charge on any atom is 0.323 e. The van der Waals surface area contributed by atoms with Crippen LogP contribution in [-0.4, -0.2) is 34.7 Å². The van der Waals surface area contributed by atoms with E-state index in [2.05, 4.69) is 0 Å². The zero-order chi connectivity index (χ0) is 16.9. The van der Waals surface area contributed by atoms with Crippen molar-refractivity contribution < 1.29 is 28.7 Å². The molecule has 0 radical (unpaired) electrons. The van der Waals surface area contributed by atoms with Gasteiger partial charge in [-0.05, 0) is 36.7 Å². The van der Waals surface area contributed by atoms with Crippen molar-refractivity contribution in [1.29, 1.82) is 0 Å². The molecule has 2 amide bonds. The molecule has 0 fully saturated rings. The molecule has 0 aliphatic rings. The predicted molar refractivity (Wildman–Crippen MR) is 77.0 cm³/mol. The van der Waals surface area contributed by atoms with Gasteiger partial charge in [0.25, 0.3) is 5.91 Å². The Labute approximate surface area is 131 Å². The molecule has 8 heteroatoms. The van der Waals surface area contributed by atoms with E-state index in [1.54, 1.807) is 6.92 Å². The molecule has 0 spiro atoms. The third-order valence-electron chi connectivity index (χ3n) is 2.47. The van der Waals surface area contributed by atoms with E-state index in [0.29, 0.717) is 0 Å². The lowest BCUT2D eigenvalue weighted by Crippen LogP contribution is -2.32. The summed E-state index contributed by atoms with van der Waals surface area (Å²) in [4.78, 5) is 46.3. The van der Waals surface area contributed by atoms with Crippen LogP contribution in [0.25, 0.3) is 0 Å². The monoisotopic (exact) mass is 327 g/mol. The second kappa shape index (κ2) is 7.56. The Morgan fingerprint density at radius 1 is 1.05 bits per heavy atom. The summed E-state index contributed by atoms with van der Waals surface area (Å²) in [5.41, 5.74) is 0.0583. The highest BCUT2D eigenvalue weighted by Crippen LogP contribution is 2.29. The molecular weight excluding hydrogens is 314 g/mol. The molecule has 0 aliphatic carbocycles. The van der Waals surface area contributed by atoms with Gasteiger partial charge in [-0.25, -0.2) is 0 Å². The average molecular weight is 328 g/mol. The molecule has 0 aliphatic heterocycles. The number of benzene rings is 1. The highest BCUT2D eigenvalue weighted by atomic mass is 35.5. The average Bonchev–Trinajstić information content (AvgIpc) is 2.39. The first-order valence-electron chi connectivity index (χ1n) is 6.28. The summed E-state index contributed by atoms with van der Waals surface area (Å²) < 4.78 is 9.79. The van der Waals surface area contributed by atoms with E-state index in [1.807, 2.05) is 0 Å². The van der Waals surface area contributed by atoms with Gasteiger partial charge in [0.05, 0.1) is 0 Å². The Balaban J connectivity index is 3.22. The minimum absolute atomic E-state index is 0.0144. The fourth-order valence-corrected chi connectivity index (χ4v) is 1.81. The molecule has 0 atom stereocenters. The number of nitrogens with zero attached hydrogens (tertiary/aromatic N) is 1. The van der Waals surface area contributed by atoms with Gasteiger partial charge in [0.1, 0.15) is 0 Å². The highest BCUT2D eigenvalue weighted by molar-refractivity contribution is 6.64. The lowest BCUT2D eigenvalue weighted by molar-refractivity contribution is -0.134. The summed E-state index contributed by atoms with van der Waals surface area (Å²) >= 11 is 5.32. The number of hydrogen-bond donors (Lipinski definition) is 0. The van der Waals surface area contributed by atoms with Gasteiger partial charge >= 0.3 is 17.3 Å². The zero-order valence-corrected chi connectivity index (χ0v) is 13.0. The van der Waals surface area contributed by atoms with Crippen LogP contribution in [0, 0.1) is 0 Å². The number of carbonyl (C=O) groups is 4. The molecule has 0 saturated heterocycles. The van der Waals surface area contributed by atoms with Crippen LogP contribution in [0.15, 0.2) is 18.2 Å². The van der Waals surface area contributed by atoms with Crippen LogP contribution in [0.4, 0.5) is 4.79 Å². The molecule has 1 aromatic carbocycles. The summed E-state index contributed by atoms with van der Waals surface area (Å²) in [7, 11) is 0. The molecule has 118 valence electrons. The van der Waals surface area contributed by atoms with Crippen LogP contribution < -0.4 is 9.47 Å². The minimum Gasteiger partial charge on any atom is -0.423 e. The van der Waals surface area contributed by atoms with E-state index >= 15 is 0 Å². The van der Waals surface area contributed by atoms with E-state index in [0.717, 1.165) is 11.8 Å². The highest BCUT2D eigenvalue weighted by Gasteiger charge is 2.21. The smallest absolute Gasteiger partial charge is 0.323 e. The number of esters is 2. The quantitative estimate of drug-likeness (QED) is 0.365. The van der Waals surface area contributed by atoms with Crippen molar-refractivity contribution in [3.8, 4) is 11.5 Å². The van der Waals surface area contributed by atoms with Crippen LogP contribution in [-0.2, 0) is 9.59 Å². The number of amides is 2. The Morgan fingerprint density at radius 3 is 2.05 bits per heavy atom. The summed E-state index contributed by atoms with van der Waals surface area (Å²) in [6.07, 6.45) is 0. The number of rotatable bonds is 4. The Kier molecular flexibility index (Phi) is 6.06. The fourth-order valence-electron chi connectivity index (χ4n) is 1.62. The van der Waals surface area contributed by atoms with Crippen LogP contribution in [0.2, 0.25) is 0 Å². The van der Waals surface area contributed by atoms with Gasteiger partial charge in [-0.15, -0.1) is 0 Å². The van der Waals surface area contributed by atoms with E-state index in [1.165, 1.54) is 25.1 Å². The van der Waals surface area contributed by atoms with Crippen LogP contribution in [0.1, 0.15) is 31.1 Å². The summed E-state index contributed by atoms with van der Waals surface area (Å²) in [5, 5.41) is -0.925. The molecule has 1 aromatic rings. The Bertz CT molecular complexity index is 628. The van der Waals surface area contributed by atoms with Crippen molar-refractivity contribution in [2.45, 2.75) is 20.8 Å². The first-order valence-corrected chi connectivity index (χ1v) is 6.66. The molecule has 0 saturated carbocycles. The number of imide groups is 1. The van der Waals surface area contributed by atoms with Gasteiger partial charge in [0.15, 0.2) is 11.5 Å². The Morgan fingerprint density at radius 2 is 1.59 bits per heavy atom. The zero-order valence-electron chi connectivity index (χ0n) is 12.2. The predicted octanol–water partition coefficient (Wildman–Crippen LogP) is 2.36. The SMILES string of the molecule is CCN(C(=O)Cl)C(=O)c1ccc(OC(C)=O)c(OC(C)=O)c1. The molecule has 0 heterocycles. The second-order valence-electron chi connectivity index (χ2n) is 4.15. The first kappa shape index (κ1) is 17.6. The van der Waals surface area contributed by atoms with Crippen molar-refractivity contribution >= 4 is 34.8 Å². The lowest BCUT2D eigenvalue weighted by atomic mass is 10.1. The van der Waals surface area contributed by atoms with E-state index in [4.69, 9.17) is 21.1 Å². The summed E-state index contributed by atoms with van der Waals surface area (Å²) in [6, 6.07) is 3.82. The van der Waals surface area contributed by atoms with Gasteiger partial charge in [-0.1, -0.05) is 0 Å². The molecule has 0 bridgehead atoms. The van der Waals surface area contributed by atoms with Gasteiger partial charge in [-0.2, -0.15) is 0 Å². The number of hydrogen-bond acceptors (Lipinski definition) is 6. The van der Waals surface area contributed by atoms with E-state index in [9.17, 15) is 19.2 Å². The van der Waals surface area contributed by atoms with Crippen molar-refractivity contribution in [2.24, 2.45) is 0 Å². The molecule has 1 rings (SSSR count). The van der Waals surface area contributed by atoms with Crippen molar-refractivity contribution in [3.63, 3.8) is 0 Å². The van der Waals surface area contributed by atoms with Crippen LogP contribution in [0.5, 0.6) is 11.5 Å². The largest absolute Gasteiger partial charge is 0.423 e. The molecule has 0 N–H and O–H groups in total. The molecule has 7 nitrogen and oxygen atoms in total. The Hall–Kier alpha value is -2.41. The van der Waals surface area contributed by atoms with Gasteiger partial charge < -0.3 is 9.47 Å². The van der Waals surface area contributed by atoms with Gasteiger partial charge in [0, 0.05) is 26.0 Å².